The summed E-state index contributed by atoms with van der Waals surface area (Å²) in [5, 5.41) is 8.75. The number of nitriles is 1. The molecule has 2 rings (SSSR count). The fourth-order valence-electron chi connectivity index (χ4n) is 1.95. The molecular weight excluding hydrogens is 254 g/mol. The summed E-state index contributed by atoms with van der Waals surface area (Å²) in [7, 11) is 1.64. The lowest BCUT2D eigenvalue weighted by Gasteiger charge is -2.23. The number of aromatic nitrogens is 2. The molecule has 0 radical (unpaired) electrons. The molecule has 0 unspecified atom stereocenters. The van der Waals surface area contributed by atoms with Crippen molar-refractivity contribution in [2.45, 2.75) is 6.42 Å². The Balaban J connectivity index is 2.35. The summed E-state index contributed by atoms with van der Waals surface area (Å²) in [5.74, 6) is 0.980. The molecule has 0 saturated heterocycles. The quantitative estimate of drug-likeness (QED) is 0.858. The molecule has 6 heteroatoms. The highest BCUT2D eigenvalue weighted by atomic mass is 16.5. The van der Waals surface area contributed by atoms with Gasteiger partial charge in [-0.2, -0.15) is 5.26 Å². The topological polar surface area (TPSA) is 88.1 Å². The summed E-state index contributed by atoms with van der Waals surface area (Å²) in [6, 6.07) is 9.70. The minimum atomic E-state index is 0.373. The molecule has 0 aliphatic heterocycles. The molecule has 2 N–H and O–H groups in total. The van der Waals surface area contributed by atoms with E-state index in [1.54, 1.807) is 7.11 Å². The minimum absolute atomic E-state index is 0.373. The summed E-state index contributed by atoms with van der Waals surface area (Å²) in [5.41, 5.74) is 7.54. The number of methoxy groups -OCH3 is 1. The number of benzene rings is 1. The van der Waals surface area contributed by atoms with Crippen LogP contribution in [0.1, 0.15) is 6.42 Å². The molecule has 0 saturated carbocycles. The lowest BCUT2D eigenvalue weighted by Crippen LogP contribution is -2.30. The molecule has 0 aliphatic rings. The Kier molecular flexibility index (Phi) is 4.69. The lowest BCUT2D eigenvalue weighted by atomic mass is 10.3. The van der Waals surface area contributed by atoms with E-state index in [0.29, 0.717) is 37.8 Å². The van der Waals surface area contributed by atoms with Crippen molar-refractivity contribution < 1.29 is 4.74 Å². The van der Waals surface area contributed by atoms with Crippen LogP contribution >= 0.6 is 0 Å². The van der Waals surface area contributed by atoms with Crippen LogP contribution in [0.25, 0.3) is 11.0 Å². The zero-order valence-electron chi connectivity index (χ0n) is 11.4. The average molecular weight is 271 g/mol. The van der Waals surface area contributed by atoms with Crippen LogP contribution in [0.2, 0.25) is 0 Å². The minimum Gasteiger partial charge on any atom is -0.383 e. The number of nitrogen functional groups attached to an aromatic ring is 1. The van der Waals surface area contributed by atoms with Gasteiger partial charge in [0.1, 0.15) is 0 Å². The molecule has 20 heavy (non-hydrogen) atoms. The Morgan fingerprint density at radius 2 is 1.95 bits per heavy atom. The van der Waals surface area contributed by atoms with Gasteiger partial charge in [0.15, 0.2) is 11.6 Å². The number of hydrogen-bond donors (Lipinski definition) is 1. The smallest absolute Gasteiger partial charge is 0.172 e. The first-order valence-electron chi connectivity index (χ1n) is 6.39. The van der Waals surface area contributed by atoms with E-state index in [9.17, 15) is 0 Å². The third-order valence-electron chi connectivity index (χ3n) is 2.94. The van der Waals surface area contributed by atoms with Crippen LogP contribution in [0.4, 0.5) is 11.6 Å². The molecule has 1 aromatic carbocycles. The molecule has 0 atom stereocenters. The van der Waals surface area contributed by atoms with E-state index in [1.165, 1.54) is 0 Å². The van der Waals surface area contributed by atoms with Crippen LogP contribution in [0.5, 0.6) is 0 Å². The Labute approximate surface area is 117 Å². The van der Waals surface area contributed by atoms with Crippen molar-refractivity contribution in [2.75, 3.05) is 37.4 Å². The Morgan fingerprint density at radius 3 is 2.60 bits per heavy atom. The van der Waals surface area contributed by atoms with Crippen LogP contribution in [0.15, 0.2) is 24.3 Å². The Hall–Kier alpha value is -2.39. The number of nitrogens with zero attached hydrogens (tertiary/aromatic N) is 4. The van der Waals surface area contributed by atoms with Crippen molar-refractivity contribution in [3.8, 4) is 6.07 Å². The first kappa shape index (κ1) is 14.0. The fourth-order valence-corrected chi connectivity index (χ4v) is 1.95. The van der Waals surface area contributed by atoms with Crippen LogP contribution < -0.4 is 10.6 Å². The van der Waals surface area contributed by atoms with Gasteiger partial charge >= 0.3 is 0 Å². The zero-order chi connectivity index (χ0) is 14.4. The molecular formula is C14H17N5O. The number of ether oxygens (including phenoxy) is 1. The van der Waals surface area contributed by atoms with Crippen molar-refractivity contribution >= 4 is 22.7 Å². The van der Waals surface area contributed by atoms with Gasteiger partial charge in [-0.05, 0) is 12.1 Å². The summed E-state index contributed by atoms with van der Waals surface area (Å²) >= 11 is 0. The summed E-state index contributed by atoms with van der Waals surface area (Å²) in [6.45, 7) is 1.71. The number of rotatable bonds is 6. The second-order valence-corrected chi connectivity index (χ2v) is 4.31. The standard InChI is InChI=1S/C14H17N5O/c1-20-10-9-19(8-4-7-15)14-13(16)17-11-5-2-3-6-12(11)18-14/h2-3,5-6H,4,8-10H2,1H3,(H2,16,17). The number of para-hydroxylation sites is 2. The normalized spacial score (nSPS) is 10.4. The van der Waals surface area contributed by atoms with E-state index in [1.807, 2.05) is 29.2 Å². The average Bonchev–Trinajstić information content (AvgIpc) is 2.47. The molecule has 0 aliphatic carbocycles. The number of hydrogen-bond acceptors (Lipinski definition) is 6. The highest BCUT2D eigenvalue weighted by Crippen LogP contribution is 2.22. The van der Waals surface area contributed by atoms with Gasteiger partial charge in [-0.25, -0.2) is 9.97 Å². The Bertz CT molecular complexity index is 622. The van der Waals surface area contributed by atoms with Crippen LogP contribution in [-0.4, -0.2) is 36.8 Å². The maximum Gasteiger partial charge on any atom is 0.172 e. The van der Waals surface area contributed by atoms with Crippen LogP contribution in [0, 0.1) is 11.3 Å². The molecule has 2 aromatic rings. The van der Waals surface area contributed by atoms with Gasteiger partial charge in [-0.1, -0.05) is 12.1 Å². The molecule has 0 fully saturated rings. The molecule has 0 spiro atoms. The van der Waals surface area contributed by atoms with E-state index < -0.39 is 0 Å². The number of anilines is 2. The first-order chi connectivity index (χ1) is 9.76. The zero-order valence-corrected chi connectivity index (χ0v) is 11.4. The predicted molar refractivity (Wildman–Crippen MR) is 78.3 cm³/mol. The van der Waals surface area contributed by atoms with Crippen LogP contribution in [-0.2, 0) is 4.74 Å². The van der Waals surface area contributed by atoms with Gasteiger partial charge in [0.05, 0.1) is 30.1 Å². The maximum atomic E-state index is 8.75. The predicted octanol–water partition coefficient (Wildman–Crippen LogP) is 1.58. The second kappa shape index (κ2) is 6.68. The molecule has 1 aromatic heterocycles. The van der Waals surface area contributed by atoms with Gasteiger partial charge < -0.3 is 15.4 Å². The van der Waals surface area contributed by atoms with Crippen molar-refractivity contribution in [2.24, 2.45) is 0 Å². The second-order valence-electron chi connectivity index (χ2n) is 4.31. The van der Waals surface area contributed by atoms with E-state index in [0.717, 1.165) is 11.0 Å². The molecule has 0 amide bonds. The van der Waals surface area contributed by atoms with E-state index in [-0.39, 0.29) is 0 Å². The molecule has 104 valence electrons. The molecule has 1 heterocycles. The van der Waals surface area contributed by atoms with Gasteiger partial charge in [-0.3, -0.25) is 0 Å². The summed E-state index contributed by atoms with van der Waals surface area (Å²) < 4.78 is 5.09. The number of nitrogens with two attached hydrogens (primary N) is 1. The Morgan fingerprint density at radius 1 is 1.25 bits per heavy atom. The largest absolute Gasteiger partial charge is 0.383 e. The maximum absolute atomic E-state index is 8.75. The van der Waals surface area contributed by atoms with Crippen molar-refractivity contribution in [3.63, 3.8) is 0 Å². The van der Waals surface area contributed by atoms with Crippen molar-refractivity contribution in [1.82, 2.24) is 9.97 Å². The third kappa shape index (κ3) is 3.13. The molecule has 6 nitrogen and oxygen atoms in total. The van der Waals surface area contributed by atoms with Crippen LogP contribution in [0.3, 0.4) is 0 Å². The summed E-state index contributed by atoms with van der Waals surface area (Å²) in [4.78, 5) is 10.8. The van der Waals surface area contributed by atoms with Gasteiger partial charge in [0.2, 0.25) is 0 Å². The highest BCUT2D eigenvalue weighted by Gasteiger charge is 2.13. The third-order valence-corrected chi connectivity index (χ3v) is 2.94. The van der Waals surface area contributed by atoms with Crippen molar-refractivity contribution in [1.29, 1.82) is 5.26 Å². The van der Waals surface area contributed by atoms with E-state index in [4.69, 9.17) is 15.7 Å². The van der Waals surface area contributed by atoms with Gasteiger partial charge in [0.25, 0.3) is 0 Å². The van der Waals surface area contributed by atoms with Gasteiger partial charge in [-0.15, -0.1) is 0 Å². The summed E-state index contributed by atoms with van der Waals surface area (Å²) in [6.07, 6.45) is 0.400. The van der Waals surface area contributed by atoms with E-state index >= 15 is 0 Å². The first-order valence-corrected chi connectivity index (χ1v) is 6.39. The van der Waals surface area contributed by atoms with E-state index in [2.05, 4.69) is 16.0 Å². The highest BCUT2D eigenvalue weighted by molar-refractivity contribution is 5.79. The van der Waals surface area contributed by atoms with Gasteiger partial charge in [0, 0.05) is 20.2 Å². The monoisotopic (exact) mass is 271 g/mol. The SMILES string of the molecule is COCCN(CCC#N)c1nc2ccccc2nc1N. The fraction of sp³-hybridized carbons (Fsp3) is 0.357. The lowest BCUT2D eigenvalue weighted by molar-refractivity contribution is 0.205. The van der Waals surface area contributed by atoms with Crippen molar-refractivity contribution in [3.05, 3.63) is 24.3 Å². The number of fused-ring (bicyclic) bond motifs is 1. The molecule has 0 bridgehead atoms.